The largest absolute Gasteiger partial charge is 0.455 e. The Bertz CT molecular complexity index is 597. The summed E-state index contributed by atoms with van der Waals surface area (Å²) < 4.78 is 5.04. The summed E-state index contributed by atoms with van der Waals surface area (Å²) in [6, 6.07) is 8.95. The summed E-state index contributed by atoms with van der Waals surface area (Å²) in [7, 11) is 0. The molecule has 0 saturated carbocycles. The zero-order chi connectivity index (χ0) is 14.6. The van der Waals surface area contributed by atoms with Crippen LogP contribution in [0.2, 0.25) is 0 Å². The maximum atomic E-state index is 12.1. The molecule has 0 saturated heterocycles. The molecule has 0 amide bonds. The van der Waals surface area contributed by atoms with Crippen LogP contribution in [0, 0.1) is 10.1 Å². The van der Waals surface area contributed by atoms with Crippen LogP contribution in [0.5, 0.6) is 0 Å². The molecule has 0 spiro atoms. The minimum absolute atomic E-state index is 0.0240. The van der Waals surface area contributed by atoms with Gasteiger partial charge in [0.2, 0.25) is 0 Å². The molecule has 0 radical (unpaired) electrons. The van der Waals surface area contributed by atoms with Crippen molar-refractivity contribution in [1.29, 1.82) is 0 Å². The molecule has 1 aromatic carbocycles. The molecule has 0 aliphatic carbocycles. The molecule has 1 atom stereocenters. The maximum absolute atomic E-state index is 12.1. The molecule has 7 heteroatoms. The lowest BCUT2D eigenvalue weighted by Gasteiger charge is -2.17. The molecule has 0 aliphatic heterocycles. The Morgan fingerprint density at radius 2 is 2.15 bits per heavy atom. The number of carbonyl (C=O) groups excluding carboxylic acids is 1. The maximum Gasteiger partial charge on any atom is 0.393 e. The molecule has 1 aromatic heterocycles. The number of nitro groups is 1. The second-order valence-electron chi connectivity index (χ2n) is 4.33. The van der Waals surface area contributed by atoms with E-state index in [4.69, 9.17) is 4.74 Å². The highest BCUT2D eigenvalue weighted by atomic mass is 16.6. The predicted octanol–water partition coefficient (Wildman–Crippen LogP) is 1.64. The molecule has 0 aliphatic rings. The third-order valence-electron chi connectivity index (χ3n) is 2.93. The fraction of sp³-hybridized carbons (Fsp3) is 0.231. The van der Waals surface area contributed by atoms with E-state index in [2.05, 4.69) is 9.97 Å². The van der Waals surface area contributed by atoms with Crippen LogP contribution in [0.25, 0.3) is 0 Å². The minimum Gasteiger partial charge on any atom is -0.455 e. The number of rotatable bonds is 5. The summed E-state index contributed by atoms with van der Waals surface area (Å²) in [6.07, 6.45) is 2.77. The smallest absolute Gasteiger partial charge is 0.393 e. The number of hydrogen-bond acceptors (Lipinski definition) is 5. The first-order valence-electron chi connectivity index (χ1n) is 5.90. The molecule has 1 heterocycles. The van der Waals surface area contributed by atoms with E-state index in [1.807, 2.05) is 6.07 Å². The van der Waals surface area contributed by atoms with Crippen molar-refractivity contribution >= 4 is 5.97 Å². The molecule has 1 N–H and O–H groups in total. The number of benzene rings is 1. The van der Waals surface area contributed by atoms with Gasteiger partial charge in [-0.15, -0.1) is 0 Å². The topological polar surface area (TPSA) is 98.1 Å². The Hall–Kier alpha value is -2.70. The first kappa shape index (κ1) is 13.7. The summed E-state index contributed by atoms with van der Waals surface area (Å²) in [6.45, 7) is 1.14. The van der Waals surface area contributed by atoms with E-state index in [9.17, 15) is 14.9 Å². The minimum atomic E-state index is -2.04. The molecule has 2 aromatic rings. The van der Waals surface area contributed by atoms with Gasteiger partial charge in [0.15, 0.2) is 5.82 Å². The van der Waals surface area contributed by atoms with E-state index in [0.717, 1.165) is 5.56 Å². The van der Waals surface area contributed by atoms with Gasteiger partial charge < -0.3 is 9.72 Å². The lowest BCUT2D eigenvalue weighted by atomic mass is 10.0. The third-order valence-corrected chi connectivity index (χ3v) is 2.93. The first-order chi connectivity index (χ1) is 9.55. The van der Waals surface area contributed by atoms with Crippen LogP contribution >= 0.6 is 0 Å². The van der Waals surface area contributed by atoms with E-state index >= 15 is 0 Å². The van der Waals surface area contributed by atoms with Crippen molar-refractivity contribution < 1.29 is 14.5 Å². The van der Waals surface area contributed by atoms with Gasteiger partial charge in [-0.3, -0.25) is 10.1 Å². The Kier molecular flexibility index (Phi) is 3.79. The van der Waals surface area contributed by atoms with Gasteiger partial charge in [-0.2, -0.15) is 0 Å². The number of ether oxygens (including phenoxy) is 1. The number of aromatic amines is 1. The van der Waals surface area contributed by atoms with Crippen LogP contribution in [-0.4, -0.2) is 20.9 Å². The molecular weight excluding hydrogens is 262 g/mol. The van der Waals surface area contributed by atoms with Gasteiger partial charge in [-0.25, -0.2) is 9.78 Å². The third kappa shape index (κ3) is 2.51. The number of aromatic nitrogens is 2. The predicted molar refractivity (Wildman–Crippen MR) is 69.2 cm³/mol. The summed E-state index contributed by atoms with van der Waals surface area (Å²) in [5.74, 6) is -1.01. The first-order valence-corrected chi connectivity index (χ1v) is 5.90. The van der Waals surface area contributed by atoms with Crippen molar-refractivity contribution in [2.45, 2.75) is 19.1 Å². The van der Waals surface area contributed by atoms with Crippen LogP contribution in [0.3, 0.4) is 0 Å². The highest BCUT2D eigenvalue weighted by Gasteiger charge is 2.52. The summed E-state index contributed by atoms with van der Waals surface area (Å²) in [5, 5.41) is 11.2. The number of nitrogens with zero attached hydrogens (tertiary/aromatic N) is 2. The van der Waals surface area contributed by atoms with Crippen LogP contribution in [0.15, 0.2) is 42.7 Å². The van der Waals surface area contributed by atoms with E-state index in [1.165, 1.54) is 19.3 Å². The van der Waals surface area contributed by atoms with Crippen molar-refractivity contribution in [3.05, 3.63) is 64.2 Å². The number of hydrogen-bond donors (Lipinski definition) is 1. The number of esters is 1. The van der Waals surface area contributed by atoms with Crippen molar-refractivity contribution in [2.24, 2.45) is 0 Å². The summed E-state index contributed by atoms with van der Waals surface area (Å²) in [5.41, 5.74) is -1.29. The SMILES string of the molecule is CC(C(=O)OCc1ccccc1)(c1ncc[nH]1)[N+](=O)[O-]. The van der Waals surface area contributed by atoms with Gasteiger partial charge in [0.05, 0.1) is 0 Å². The Labute approximate surface area is 114 Å². The standard InChI is InChI=1S/C13H13N3O4/c1-13(16(18)19,11-14-7-8-15-11)12(17)20-9-10-5-3-2-4-6-10/h2-8H,9H2,1H3,(H,14,15). The number of nitrogens with one attached hydrogen (secondary N) is 1. The van der Waals surface area contributed by atoms with Gasteiger partial charge in [0.25, 0.3) is 0 Å². The van der Waals surface area contributed by atoms with Crippen LogP contribution in [-0.2, 0) is 21.7 Å². The molecule has 7 nitrogen and oxygen atoms in total. The van der Waals surface area contributed by atoms with Crippen molar-refractivity contribution in [3.8, 4) is 0 Å². The fourth-order valence-corrected chi connectivity index (χ4v) is 1.65. The molecule has 104 valence electrons. The van der Waals surface area contributed by atoms with E-state index < -0.39 is 16.4 Å². The van der Waals surface area contributed by atoms with Gasteiger partial charge in [-0.1, -0.05) is 30.3 Å². The quantitative estimate of drug-likeness (QED) is 0.508. The van der Waals surface area contributed by atoms with E-state index in [1.54, 1.807) is 24.3 Å². The Balaban J connectivity index is 2.15. The average Bonchev–Trinajstić information content (AvgIpc) is 2.99. The Morgan fingerprint density at radius 3 is 2.70 bits per heavy atom. The van der Waals surface area contributed by atoms with Gasteiger partial charge >= 0.3 is 11.5 Å². The van der Waals surface area contributed by atoms with E-state index in [-0.39, 0.29) is 12.4 Å². The Morgan fingerprint density at radius 1 is 1.45 bits per heavy atom. The zero-order valence-electron chi connectivity index (χ0n) is 10.8. The fourth-order valence-electron chi connectivity index (χ4n) is 1.65. The molecule has 0 fully saturated rings. The highest BCUT2D eigenvalue weighted by Crippen LogP contribution is 2.23. The van der Waals surface area contributed by atoms with Crippen molar-refractivity contribution in [2.75, 3.05) is 0 Å². The van der Waals surface area contributed by atoms with Gasteiger partial charge in [-0.05, 0) is 5.56 Å². The van der Waals surface area contributed by atoms with Crippen LogP contribution < -0.4 is 0 Å². The van der Waals surface area contributed by atoms with Gasteiger partial charge in [0.1, 0.15) is 6.61 Å². The second-order valence-corrected chi connectivity index (χ2v) is 4.33. The lowest BCUT2D eigenvalue weighted by molar-refractivity contribution is -0.561. The monoisotopic (exact) mass is 275 g/mol. The lowest BCUT2D eigenvalue weighted by Crippen LogP contribution is -2.42. The molecule has 20 heavy (non-hydrogen) atoms. The molecular formula is C13H13N3O4. The van der Waals surface area contributed by atoms with Crippen LogP contribution in [0.4, 0.5) is 0 Å². The zero-order valence-corrected chi connectivity index (χ0v) is 10.8. The summed E-state index contributed by atoms with van der Waals surface area (Å²) >= 11 is 0. The normalized spacial score (nSPS) is 13.4. The highest BCUT2D eigenvalue weighted by molar-refractivity contribution is 5.79. The van der Waals surface area contributed by atoms with Crippen molar-refractivity contribution in [1.82, 2.24) is 9.97 Å². The number of H-pyrrole nitrogens is 1. The second kappa shape index (κ2) is 5.52. The van der Waals surface area contributed by atoms with Gasteiger partial charge in [0, 0.05) is 24.2 Å². The van der Waals surface area contributed by atoms with E-state index in [0.29, 0.717) is 0 Å². The number of carbonyl (C=O) groups is 1. The average molecular weight is 275 g/mol. The summed E-state index contributed by atoms with van der Waals surface area (Å²) in [4.78, 5) is 28.9. The molecule has 0 bridgehead atoms. The van der Waals surface area contributed by atoms with Crippen molar-refractivity contribution in [3.63, 3.8) is 0 Å². The molecule has 2 rings (SSSR count). The number of imidazole rings is 1. The molecule has 1 unspecified atom stereocenters. The van der Waals surface area contributed by atoms with Crippen LogP contribution in [0.1, 0.15) is 18.3 Å².